The van der Waals surface area contributed by atoms with Gasteiger partial charge in [0.05, 0.1) is 17.2 Å². The molecule has 0 aromatic heterocycles. The minimum Gasteiger partial charge on any atom is -0.494 e. The van der Waals surface area contributed by atoms with Gasteiger partial charge in [-0.3, -0.25) is 13.9 Å². The molecule has 220 valence electrons. The van der Waals surface area contributed by atoms with E-state index < -0.39 is 28.5 Å². The second kappa shape index (κ2) is 14.6. The Hall–Kier alpha value is -3.27. The van der Waals surface area contributed by atoms with Crippen molar-refractivity contribution in [1.29, 1.82) is 0 Å². The lowest BCUT2D eigenvalue weighted by molar-refractivity contribution is -0.139. The van der Waals surface area contributed by atoms with Crippen molar-refractivity contribution in [3.8, 4) is 5.75 Å². The SMILES string of the molecule is CCOc1ccc(N(CC(=O)N(Cc2cccc(Cl)c2)C(C)C(=O)NCC(C)C)S(=O)(=O)c2ccc(Cl)cc2)cc1. The van der Waals surface area contributed by atoms with Crippen LogP contribution in [0.25, 0.3) is 0 Å². The molecule has 2 amide bonds. The van der Waals surface area contributed by atoms with Crippen LogP contribution in [0.3, 0.4) is 0 Å². The summed E-state index contributed by atoms with van der Waals surface area (Å²) in [6.45, 7) is 7.77. The normalized spacial score (nSPS) is 12.1. The molecule has 8 nitrogen and oxygen atoms in total. The molecule has 0 bridgehead atoms. The van der Waals surface area contributed by atoms with Crippen molar-refractivity contribution < 1.29 is 22.7 Å². The summed E-state index contributed by atoms with van der Waals surface area (Å²) < 4.78 is 34.3. The number of benzene rings is 3. The van der Waals surface area contributed by atoms with Gasteiger partial charge in [0, 0.05) is 23.1 Å². The van der Waals surface area contributed by atoms with E-state index in [0.29, 0.717) is 34.5 Å². The van der Waals surface area contributed by atoms with Crippen LogP contribution in [0.5, 0.6) is 5.75 Å². The number of rotatable bonds is 13. The number of carbonyl (C=O) groups excluding carboxylic acids is 2. The first-order valence-electron chi connectivity index (χ1n) is 13.2. The molecule has 3 aromatic carbocycles. The van der Waals surface area contributed by atoms with Crippen molar-refractivity contribution in [2.75, 3.05) is 24.0 Å². The smallest absolute Gasteiger partial charge is 0.264 e. The van der Waals surface area contributed by atoms with Gasteiger partial charge in [0.2, 0.25) is 11.8 Å². The number of ether oxygens (including phenoxy) is 1. The van der Waals surface area contributed by atoms with E-state index in [1.54, 1.807) is 55.5 Å². The van der Waals surface area contributed by atoms with E-state index >= 15 is 0 Å². The van der Waals surface area contributed by atoms with E-state index in [1.807, 2.05) is 20.8 Å². The summed E-state index contributed by atoms with van der Waals surface area (Å²) in [4.78, 5) is 28.4. The molecule has 3 rings (SSSR count). The van der Waals surface area contributed by atoms with Crippen LogP contribution in [0, 0.1) is 5.92 Å². The molecule has 3 aromatic rings. The largest absolute Gasteiger partial charge is 0.494 e. The summed E-state index contributed by atoms with van der Waals surface area (Å²) in [7, 11) is -4.21. The zero-order valence-corrected chi connectivity index (χ0v) is 25.8. The highest BCUT2D eigenvalue weighted by Crippen LogP contribution is 2.27. The fraction of sp³-hybridized carbons (Fsp3) is 0.333. The summed E-state index contributed by atoms with van der Waals surface area (Å²) in [6.07, 6.45) is 0. The Morgan fingerprint density at radius 1 is 0.927 bits per heavy atom. The predicted molar refractivity (Wildman–Crippen MR) is 163 cm³/mol. The molecular weight excluding hydrogens is 585 g/mol. The van der Waals surface area contributed by atoms with Crippen molar-refractivity contribution in [2.24, 2.45) is 5.92 Å². The van der Waals surface area contributed by atoms with E-state index in [4.69, 9.17) is 27.9 Å². The monoisotopic (exact) mass is 619 g/mol. The van der Waals surface area contributed by atoms with E-state index in [1.165, 1.54) is 29.2 Å². The second-order valence-corrected chi connectivity index (χ2v) is 12.6. The van der Waals surface area contributed by atoms with Crippen molar-refractivity contribution in [3.05, 3.63) is 88.4 Å². The molecule has 0 fully saturated rings. The van der Waals surface area contributed by atoms with Crippen molar-refractivity contribution in [2.45, 2.75) is 45.2 Å². The van der Waals surface area contributed by atoms with Crippen LogP contribution in [0.2, 0.25) is 10.0 Å². The van der Waals surface area contributed by atoms with Gasteiger partial charge < -0.3 is 15.0 Å². The van der Waals surface area contributed by atoms with Crippen molar-refractivity contribution >= 4 is 50.7 Å². The molecule has 0 aliphatic carbocycles. The quantitative estimate of drug-likeness (QED) is 0.262. The summed E-state index contributed by atoms with van der Waals surface area (Å²) >= 11 is 12.2. The zero-order valence-electron chi connectivity index (χ0n) is 23.5. The number of nitrogens with zero attached hydrogens (tertiary/aromatic N) is 2. The predicted octanol–water partition coefficient (Wildman–Crippen LogP) is 5.78. The molecule has 41 heavy (non-hydrogen) atoms. The number of carbonyl (C=O) groups is 2. The number of amides is 2. The van der Waals surface area contributed by atoms with E-state index in [9.17, 15) is 18.0 Å². The lowest BCUT2D eigenvalue weighted by Gasteiger charge is -2.32. The highest BCUT2D eigenvalue weighted by atomic mass is 35.5. The summed E-state index contributed by atoms with van der Waals surface area (Å²) in [5.41, 5.74) is 0.957. The third-order valence-corrected chi connectivity index (χ3v) is 8.49. The third kappa shape index (κ3) is 8.86. The van der Waals surface area contributed by atoms with E-state index in [2.05, 4.69) is 5.32 Å². The maximum atomic E-state index is 14.0. The van der Waals surface area contributed by atoms with Gasteiger partial charge in [-0.15, -0.1) is 0 Å². The molecule has 1 unspecified atom stereocenters. The molecular formula is C30H35Cl2N3O5S. The molecule has 1 N–H and O–H groups in total. The number of sulfonamides is 1. The zero-order chi connectivity index (χ0) is 30.2. The van der Waals surface area contributed by atoms with Crippen LogP contribution in [0.1, 0.15) is 33.3 Å². The van der Waals surface area contributed by atoms with Crippen LogP contribution in [0.15, 0.2) is 77.7 Å². The summed E-state index contributed by atoms with van der Waals surface area (Å²) in [6, 6.07) is 18.2. The first kappa shape index (κ1) is 32.2. The number of halogens is 2. The fourth-order valence-electron chi connectivity index (χ4n) is 4.00. The Morgan fingerprint density at radius 2 is 1.59 bits per heavy atom. The molecule has 0 heterocycles. The van der Waals surface area contributed by atoms with Gasteiger partial charge >= 0.3 is 0 Å². The lowest BCUT2D eigenvalue weighted by Crippen LogP contribution is -2.51. The summed E-state index contributed by atoms with van der Waals surface area (Å²) in [5, 5.41) is 3.72. The van der Waals surface area contributed by atoms with Crippen LogP contribution in [-0.4, -0.2) is 50.9 Å². The molecule has 11 heteroatoms. The standard InChI is InChI=1S/C30H35Cl2N3O5S/c1-5-40-27-13-11-26(12-14-27)35(41(38,39)28-15-9-24(31)10-16-28)20-29(36)34(19-23-7-6-8-25(32)17-23)22(4)30(37)33-18-21(2)3/h6-17,21-22H,5,18-20H2,1-4H3,(H,33,37). The number of anilines is 1. The van der Waals surface area contributed by atoms with Gasteiger partial charge in [0.25, 0.3) is 10.0 Å². The Morgan fingerprint density at radius 3 is 2.17 bits per heavy atom. The minimum atomic E-state index is -4.21. The average Bonchev–Trinajstić information content (AvgIpc) is 2.93. The molecule has 0 spiro atoms. The van der Waals surface area contributed by atoms with Gasteiger partial charge in [-0.2, -0.15) is 0 Å². The molecule has 1 atom stereocenters. The van der Waals surface area contributed by atoms with E-state index in [0.717, 1.165) is 4.31 Å². The van der Waals surface area contributed by atoms with E-state index in [-0.39, 0.29) is 29.0 Å². The first-order valence-corrected chi connectivity index (χ1v) is 15.4. The van der Waals surface area contributed by atoms with Gasteiger partial charge in [0.15, 0.2) is 0 Å². The molecule has 0 saturated heterocycles. The lowest BCUT2D eigenvalue weighted by atomic mass is 10.1. The van der Waals surface area contributed by atoms with Crippen LogP contribution < -0.4 is 14.4 Å². The maximum absolute atomic E-state index is 14.0. The minimum absolute atomic E-state index is 0.0345. The van der Waals surface area contributed by atoms with Gasteiger partial charge in [-0.05, 0) is 86.0 Å². The van der Waals surface area contributed by atoms with Crippen molar-refractivity contribution in [1.82, 2.24) is 10.2 Å². The Bertz CT molecular complexity index is 1430. The first-order chi connectivity index (χ1) is 19.4. The van der Waals surface area contributed by atoms with Crippen LogP contribution >= 0.6 is 23.2 Å². The number of hydrogen-bond acceptors (Lipinski definition) is 5. The molecule has 0 radical (unpaired) electrons. The van der Waals surface area contributed by atoms with Gasteiger partial charge in [0.1, 0.15) is 18.3 Å². The molecule has 0 aliphatic rings. The van der Waals surface area contributed by atoms with Crippen LogP contribution in [0.4, 0.5) is 5.69 Å². The Labute approximate surface area is 252 Å². The van der Waals surface area contributed by atoms with Gasteiger partial charge in [-0.1, -0.05) is 49.2 Å². The molecule has 0 aliphatic heterocycles. The second-order valence-electron chi connectivity index (χ2n) is 9.86. The molecule has 0 saturated carbocycles. The number of hydrogen-bond donors (Lipinski definition) is 1. The third-order valence-electron chi connectivity index (χ3n) is 6.21. The van der Waals surface area contributed by atoms with Crippen molar-refractivity contribution in [3.63, 3.8) is 0 Å². The maximum Gasteiger partial charge on any atom is 0.264 e. The highest BCUT2D eigenvalue weighted by molar-refractivity contribution is 7.92. The average molecular weight is 621 g/mol. The Kier molecular flexibility index (Phi) is 11.5. The topological polar surface area (TPSA) is 96.0 Å². The number of nitrogens with one attached hydrogen (secondary N) is 1. The summed E-state index contributed by atoms with van der Waals surface area (Å²) in [5.74, 6) is -0.141. The Balaban J connectivity index is 2.02. The highest BCUT2D eigenvalue weighted by Gasteiger charge is 2.32. The van der Waals surface area contributed by atoms with Gasteiger partial charge in [-0.25, -0.2) is 8.42 Å². The van der Waals surface area contributed by atoms with Crippen LogP contribution in [-0.2, 0) is 26.2 Å². The fourth-order valence-corrected chi connectivity index (χ4v) is 5.76.